The molecule has 13 heavy (non-hydrogen) atoms. The molecule has 1 heterocycles. The van der Waals surface area contributed by atoms with Crippen LogP contribution in [0.2, 0.25) is 0 Å². The molecule has 0 saturated carbocycles. The summed E-state index contributed by atoms with van der Waals surface area (Å²) in [5.74, 6) is -1.39. The maximum atomic E-state index is 10.5. The molecule has 1 fully saturated rings. The lowest BCUT2D eigenvalue weighted by Crippen LogP contribution is -2.63. The van der Waals surface area contributed by atoms with Crippen LogP contribution in [0.15, 0.2) is 0 Å². The van der Waals surface area contributed by atoms with Crippen molar-refractivity contribution in [3.05, 3.63) is 0 Å². The van der Waals surface area contributed by atoms with E-state index in [4.69, 9.17) is 26.2 Å². The minimum atomic E-state index is -1.73. The summed E-state index contributed by atoms with van der Waals surface area (Å²) in [7, 11) is 0. The molecular formula is C6H11NO6. The van der Waals surface area contributed by atoms with Crippen LogP contribution in [0.4, 0.5) is 0 Å². The summed E-state index contributed by atoms with van der Waals surface area (Å²) in [5, 5.41) is 35.6. The fourth-order valence-corrected chi connectivity index (χ4v) is 1.12. The van der Waals surface area contributed by atoms with Crippen LogP contribution >= 0.6 is 0 Å². The van der Waals surface area contributed by atoms with Crippen molar-refractivity contribution in [1.82, 2.24) is 0 Å². The van der Waals surface area contributed by atoms with E-state index in [0.29, 0.717) is 0 Å². The van der Waals surface area contributed by atoms with Crippen LogP contribution in [-0.2, 0) is 9.53 Å². The quantitative estimate of drug-likeness (QED) is 0.296. The number of aliphatic hydroxyl groups is 3. The third kappa shape index (κ3) is 1.79. The highest BCUT2D eigenvalue weighted by Gasteiger charge is 2.45. The minimum Gasteiger partial charge on any atom is -0.479 e. The van der Waals surface area contributed by atoms with Gasteiger partial charge < -0.3 is 30.9 Å². The van der Waals surface area contributed by atoms with E-state index in [1.165, 1.54) is 0 Å². The normalized spacial score (nSPS) is 46.0. The van der Waals surface area contributed by atoms with Gasteiger partial charge in [-0.2, -0.15) is 0 Å². The summed E-state index contributed by atoms with van der Waals surface area (Å²) < 4.78 is 4.46. The zero-order chi connectivity index (χ0) is 10.2. The number of aliphatic hydroxyl groups excluding tert-OH is 3. The van der Waals surface area contributed by atoms with Crippen molar-refractivity contribution < 1.29 is 30.0 Å². The van der Waals surface area contributed by atoms with Crippen LogP contribution in [0, 0.1) is 0 Å². The lowest BCUT2D eigenvalue weighted by Gasteiger charge is -2.36. The molecule has 1 aliphatic heterocycles. The van der Waals surface area contributed by atoms with E-state index in [-0.39, 0.29) is 0 Å². The molecule has 1 aliphatic rings. The molecule has 76 valence electrons. The molecule has 7 nitrogen and oxygen atoms in total. The maximum absolute atomic E-state index is 10.5. The number of carboxylic acid groups (broad SMARTS) is 1. The first-order chi connectivity index (χ1) is 5.95. The minimum absolute atomic E-state index is 1.25. The van der Waals surface area contributed by atoms with Gasteiger partial charge in [-0.25, -0.2) is 4.79 Å². The SMILES string of the molecule is NC1C(O)[C@@H](O)[C@@H](O)O[C@@H]1C(=O)O. The molecule has 0 amide bonds. The van der Waals surface area contributed by atoms with Gasteiger partial charge in [-0.3, -0.25) is 0 Å². The van der Waals surface area contributed by atoms with Gasteiger partial charge in [0.2, 0.25) is 0 Å². The Morgan fingerprint density at radius 3 is 2.23 bits per heavy atom. The number of ether oxygens (including phenoxy) is 1. The van der Waals surface area contributed by atoms with E-state index < -0.39 is 36.6 Å². The van der Waals surface area contributed by atoms with Crippen molar-refractivity contribution >= 4 is 5.97 Å². The number of rotatable bonds is 1. The van der Waals surface area contributed by atoms with Crippen molar-refractivity contribution in [3.63, 3.8) is 0 Å². The number of hydrogen-bond acceptors (Lipinski definition) is 6. The van der Waals surface area contributed by atoms with Gasteiger partial charge in [-0.05, 0) is 0 Å². The summed E-state index contributed by atoms with van der Waals surface area (Å²) in [6.45, 7) is 0. The zero-order valence-electron chi connectivity index (χ0n) is 6.57. The Bertz CT molecular complexity index is 209. The van der Waals surface area contributed by atoms with Gasteiger partial charge in [0.05, 0.1) is 6.04 Å². The van der Waals surface area contributed by atoms with E-state index in [0.717, 1.165) is 0 Å². The monoisotopic (exact) mass is 193 g/mol. The third-order valence-electron chi connectivity index (χ3n) is 1.92. The Hall–Kier alpha value is -0.730. The predicted octanol–water partition coefficient (Wildman–Crippen LogP) is -3.16. The molecule has 0 radical (unpaired) electrons. The van der Waals surface area contributed by atoms with E-state index in [2.05, 4.69) is 4.74 Å². The van der Waals surface area contributed by atoms with Crippen molar-refractivity contribution in [2.45, 2.75) is 30.6 Å². The van der Waals surface area contributed by atoms with Crippen LogP contribution in [-0.4, -0.2) is 57.0 Å². The Morgan fingerprint density at radius 1 is 1.23 bits per heavy atom. The summed E-state index contributed by atoms with van der Waals surface area (Å²) in [6.07, 6.45) is -6.32. The van der Waals surface area contributed by atoms with E-state index in [1.54, 1.807) is 0 Å². The smallest absolute Gasteiger partial charge is 0.334 e. The second kappa shape index (κ2) is 3.56. The van der Waals surface area contributed by atoms with Gasteiger partial charge in [-0.1, -0.05) is 0 Å². The zero-order valence-corrected chi connectivity index (χ0v) is 6.57. The Morgan fingerprint density at radius 2 is 1.77 bits per heavy atom. The molecule has 2 unspecified atom stereocenters. The van der Waals surface area contributed by atoms with Crippen LogP contribution in [0.3, 0.4) is 0 Å². The second-order valence-corrected chi connectivity index (χ2v) is 2.84. The van der Waals surface area contributed by atoms with Gasteiger partial charge in [-0.15, -0.1) is 0 Å². The lowest BCUT2D eigenvalue weighted by molar-refractivity contribution is -0.254. The summed E-state index contributed by atoms with van der Waals surface area (Å²) >= 11 is 0. The molecule has 0 spiro atoms. The van der Waals surface area contributed by atoms with Crippen LogP contribution < -0.4 is 5.73 Å². The van der Waals surface area contributed by atoms with Crippen molar-refractivity contribution in [2.75, 3.05) is 0 Å². The summed E-state index contributed by atoms with van der Waals surface area (Å²) in [5.41, 5.74) is 5.25. The second-order valence-electron chi connectivity index (χ2n) is 2.84. The van der Waals surface area contributed by atoms with Gasteiger partial charge in [0.1, 0.15) is 12.2 Å². The first kappa shape index (κ1) is 10.4. The molecule has 1 saturated heterocycles. The Balaban J connectivity index is 2.76. The maximum Gasteiger partial charge on any atom is 0.334 e. The molecule has 0 aliphatic carbocycles. The fraction of sp³-hybridized carbons (Fsp3) is 0.833. The predicted molar refractivity (Wildman–Crippen MR) is 38.5 cm³/mol. The van der Waals surface area contributed by atoms with Gasteiger partial charge in [0.25, 0.3) is 0 Å². The number of nitrogens with two attached hydrogens (primary N) is 1. The number of hydrogen-bond donors (Lipinski definition) is 5. The Labute approximate surface area is 73.4 Å². The highest BCUT2D eigenvalue weighted by molar-refractivity contribution is 5.73. The molecule has 0 bridgehead atoms. The number of aliphatic carboxylic acids is 1. The van der Waals surface area contributed by atoms with E-state index >= 15 is 0 Å². The highest BCUT2D eigenvalue weighted by atomic mass is 16.6. The summed E-state index contributed by atoms with van der Waals surface area (Å²) in [6, 6.07) is -1.25. The molecule has 0 aromatic heterocycles. The topological polar surface area (TPSA) is 133 Å². The van der Waals surface area contributed by atoms with Crippen molar-refractivity contribution in [1.29, 1.82) is 0 Å². The molecular weight excluding hydrogens is 182 g/mol. The lowest BCUT2D eigenvalue weighted by atomic mass is 9.97. The average molecular weight is 193 g/mol. The number of carboxylic acids is 1. The summed E-state index contributed by atoms with van der Waals surface area (Å²) in [4.78, 5) is 10.5. The third-order valence-corrected chi connectivity index (χ3v) is 1.92. The van der Waals surface area contributed by atoms with Crippen molar-refractivity contribution in [3.8, 4) is 0 Å². The van der Waals surface area contributed by atoms with Gasteiger partial charge in [0, 0.05) is 0 Å². The first-order valence-electron chi connectivity index (χ1n) is 3.63. The highest BCUT2D eigenvalue weighted by Crippen LogP contribution is 2.18. The van der Waals surface area contributed by atoms with Gasteiger partial charge >= 0.3 is 5.97 Å². The fourth-order valence-electron chi connectivity index (χ4n) is 1.12. The van der Waals surface area contributed by atoms with E-state index in [9.17, 15) is 4.79 Å². The van der Waals surface area contributed by atoms with Crippen molar-refractivity contribution in [2.24, 2.45) is 5.73 Å². The molecule has 7 heteroatoms. The molecule has 1 rings (SSSR count). The van der Waals surface area contributed by atoms with Crippen LogP contribution in [0.1, 0.15) is 0 Å². The standard InChI is InChI=1S/C6H11NO6/c7-1-2(8)3(9)6(12)13-4(1)5(10)11/h1-4,6,8-9,12H,7H2,(H,10,11)/t1?,2?,3-,4+,6+/m1/s1. The largest absolute Gasteiger partial charge is 0.479 e. The Kier molecular flexibility index (Phi) is 2.84. The van der Waals surface area contributed by atoms with Crippen LogP contribution in [0.25, 0.3) is 0 Å². The molecule has 0 aromatic rings. The average Bonchev–Trinajstić information content (AvgIpc) is 2.07. The first-order valence-corrected chi connectivity index (χ1v) is 3.63. The molecule has 6 N–H and O–H groups in total. The van der Waals surface area contributed by atoms with Gasteiger partial charge in [0.15, 0.2) is 12.4 Å². The molecule has 0 aromatic carbocycles. The van der Waals surface area contributed by atoms with E-state index in [1.807, 2.05) is 0 Å². The number of carbonyl (C=O) groups is 1. The molecule has 5 atom stereocenters. The van der Waals surface area contributed by atoms with Crippen LogP contribution in [0.5, 0.6) is 0 Å².